The summed E-state index contributed by atoms with van der Waals surface area (Å²) in [5, 5.41) is 30.5. The van der Waals surface area contributed by atoms with Crippen molar-refractivity contribution in [2.24, 2.45) is 0 Å². The maximum absolute atomic E-state index is 13.4. The normalized spacial score (nSPS) is 29.3. The van der Waals surface area contributed by atoms with Crippen LogP contribution in [0.5, 0.6) is 0 Å². The first-order valence-corrected chi connectivity index (χ1v) is 12.8. The van der Waals surface area contributed by atoms with Crippen LogP contribution in [0.25, 0.3) is 11.2 Å². The van der Waals surface area contributed by atoms with E-state index < -0.39 is 49.0 Å². The van der Waals surface area contributed by atoms with Gasteiger partial charge in [-0.05, 0) is 25.7 Å². The van der Waals surface area contributed by atoms with Gasteiger partial charge < -0.3 is 30.7 Å². The van der Waals surface area contributed by atoms with Crippen molar-refractivity contribution in [1.82, 2.24) is 19.5 Å². The second-order valence-electron chi connectivity index (χ2n) is 8.79. The molecule has 13 heteroatoms. The van der Waals surface area contributed by atoms with Gasteiger partial charge in [0.2, 0.25) is 0 Å². The molecule has 1 saturated heterocycles. The third-order valence-corrected chi connectivity index (χ3v) is 9.69. The van der Waals surface area contributed by atoms with Crippen LogP contribution in [0.3, 0.4) is 0 Å². The largest absolute Gasteiger partial charge is 0.387 e. The summed E-state index contributed by atoms with van der Waals surface area (Å²) in [5.74, 6) is -0.387. The fourth-order valence-electron chi connectivity index (χ4n) is 5.13. The molecule has 12 nitrogen and oxygen atoms in total. The number of nitrogens with two attached hydrogens (primary N) is 1. The molecule has 2 aliphatic rings. The van der Waals surface area contributed by atoms with Gasteiger partial charge in [-0.15, -0.1) is 0 Å². The van der Waals surface area contributed by atoms with Gasteiger partial charge in [-0.25, -0.2) is 15.0 Å². The highest BCUT2D eigenvalue weighted by atomic mass is 31.2. The molecule has 2 aromatic rings. The number of nitrogens with zero attached hydrogens (tertiary/aromatic N) is 4. The topological polar surface area (TPSA) is 186 Å². The average Bonchev–Trinajstić information content (AvgIpc) is 3.30. The number of hydrogen-bond donors (Lipinski definition) is 5. The Morgan fingerprint density at radius 3 is 2.36 bits per heavy atom. The van der Waals surface area contributed by atoms with Gasteiger partial charge in [0.1, 0.15) is 30.5 Å². The summed E-state index contributed by atoms with van der Waals surface area (Å²) in [6, 6.07) is 0. The average molecular weight is 485 g/mol. The van der Waals surface area contributed by atoms with Gasteiger partial charge in [0.05, 0.1) is 11.5 Å². The number of nitrogen functional groups attached to an aromatic ring is 1. The number of aliphatic hydroxyl groups excluding tert-OH is 2. The lowest BCUT2D eigenvalue weighted by atomic mass is 9.77. The van der Waals surface area contributed by atoms with E-state index in [1.165, 1.54) is 6.33 Å². The molecule has 0 spiro atoms. The van der Waals surface area contributed by atoms with Crippen molar-refractivity contribution in [2.45, 2.75) is 94.8 Å². The lowest BCUT2D eigenvalue weighted by Crippen LogP contribution is -2.50. The first-order chi connectivity index (χ1) is 15.5. The minimum atomic E-state index is -4.58. The fourth-order valence-corrected chi connectivity index (χ4v) is 6.96. The number of rotatable bonds is 8. The zero-order valence-corrected chi connectivity index (χ0v) is 20.0. The van der Waals surface area contributed by atoms with Crippen LogP contribution in [0, 0.1) is 0 Å². The highest BCUT2D eigenvalue weighted by Gasteiger charge is 2.62. The molecule has 33 heavy (non-hydrogen) atoms. The SMILES string of the molecule is CCC(CC)(OP(=O)(O)C(O)(CC)CC)[C@H]1c2nc3c(N)ncnc3n2C2OC1[C@@H](O)[C@H]2O. The molecule has 0 saturated carbocycles. The van der Waals surface area contributed by atoms with Gasteiger partial charge in [-0.2, -0.15) is 0 Å². The van der Waals surface area contributed by atoms with Crippen molar-refractivity contribution in [3.8, 4) is 0 Å². The molecule has 6 N–H and O–H groups in total. The summed E-state index contributed by atoms with van der Waals surface area (Å²) in [5.41, 5.74) is 5.25. The van der Waals surface area contributed by atoms with Crippen molar-refractivity contribution in [2.75, 3.05) is 5.73 Å². The van der Waals surface area contributed by atoms with Crippen LogP contribution in [0.4, 0.5) is 5.82 Å². The molecule has 1 fully saturated rings. The van der Waals surface area contributed by atoms with Crippen molar-refractivity contribution in [3.05, 3.63) is 12.2 Å². The van der Waals surface area contributed by atoms with Gasteiger partial charge in [-0.3, -0.25) is 13.7 Å². The van der Waals surface area contributed by atoms with E-state index >= 15 is 0 Å². The summed E-state index contributed by atoms with van der Waals surface area (Å²) in [6.07, 6.45) is -2.77. The molecule has 0 radical (unpaired) electrons. The second-order valence-corrected chi connectivity index (χ2v) is 10.9. The van der Waals surface area contributed by atoms with Crippen molar-refractivity contribution in [1.29, 1.82) is 0 Å². The number of imidazole rings is 1. The highest BCUT2D eigenvalue weighted by molar-refractivity contribution is 7.54. The van der Waals surface area contributed by atoms with E-state index in [9.17, 15) is 24.8 Å². The Balaban J connectivity index is 1.93. The fraction of sp³-hybridized carbons (Fsp3) is 0.750. The van der Waals surface area contributed by atoms with E-state index in [1.54, 1.807) is 32.3 Å². The van der Waals surface area contributed by atoms with E-state index in [2.05, 4.69) is 15.0 Å². The molecule has 6 atom stereocenters. The Morgan fingerprint density at radius 2 is 1.79 bits per heavy atom. The zero-order chi connectivity index (χ0) is 24.3. The van der Waals surface area contributed by atoms with Crippen LogP contribution >= 0.6 is 7.60 Å². The van der Waals surface area contributed by atoms with Gasteiger partial charge in [-0.1, -0.05) is 27.7 Å². The summed E-state index contributed by atoms with van der Waals surface area (Å²) in [4.78, 5) is 23.8. The summed E-state index contributed by atoms with van der Waals surface area (Å²) >= 11 is 0. The van der Waals surface area contributed by atoms with E-state index in [0.717, 1.165) is 0 Å². The van der Waals surface area contributed by atoms with Gasteiger partial charge in [0.15, 0.2) is 28.6 Å². The quantitative estimate of drug-likeness (QED) is 0.340. The van der Waals surface area contributed by atoms with E-state index in [0.29, 0.717) is 17.0 Å². The molecule has 4 rings (SSSR count). The maximum Gasteiger partial charge on any atom is 0.359 e. The lowest BCUT2D eigenvalue weighted by molar-refractivity contribution is -0.116. The van der Waals surface area contributed by atoms with Crippen LogP contribution in [-0.4, -0.2) is 69.0 Å². The number of hydrogen-bond acceptors (Lipinski definition) is 10. The van der Waals surface area contributed by atoms with Crippen LogP contribution in [-0.2, 0) is 13.8 Å². The van der Waals surface area contributed by atoms with E-state index in [-0.39, 0.29) is 31.5 Å². The summed E-state index contributed by atoms with van der Waals surface area (Å²) < 4.78 is 27.0. The Kier molecular flexibility index (Phi) is 6.10. The van der Waals surface area contributed by atoms with Gasteiger partial charge in [0.25, 0.3) is 0 Å². The van der Waals surface area contributed by atoms with E-state index in [1.807, 2.05) is 0 Å². The third kappa shape index (κ3) is 3.35. The first kappa shape index (κ1) is 24.5. The van der Waals surface area contributed by atoms with Crippen molar-refractivity contribution < 1.29 is 34.0 Å². The lowest BCUT2D eigenvalue weighted by Gasteiger charge is -2.46. The molecule has 4 heterocycles. The molecule has 2 bridgehead atoms. The Bertz CT molecular complexity index is 1090. The number of aliphatic hydroxyl groups is 3. The summed E-state index contributed by atoms with van der Waals surface area (Å²) in [6.45, 7) is 6.79. The maximum atomic E-state index is 13.4. The minimum absolute atomic E-state index is 0.0133. The molecule has 0 aromatic carbocycles. The zero-order valence-electron chi connectivity index (χ0n) is 19.1. The number of aromatic nitrogens is 4. The van der Waals surface area contributed by atoms with Crippen molar-refractivity contribution in [3.63, 3.8) is 0 Å². The number of fused-ring (bicyclic) bond motifs is 6. The molecule has 2 aromatic heterocycles. The van der Waals surface area contributed by atoms with Crippen LogP contribution < -0.4 is 5.73 Å². The molecular weight excluding hydrogens is 453 g/mol. The third-order valence-electron chi connectivity index (χ3n) is 7.40. The Hall–Kier alpha value is -1.66. The van der Waals surface area contributed by atoms with Gasteiger partial charge in [0, 0.05) is 0 Å². The number of anilines is 1. The predicted octanol–water partition coefficient (Wildman–Crippen LogP) is 1.39. The molecule has 3 unspecified atom stereocenters. The molecule has 0 aliphatic carbocycles. The monoisotopic (exact) mass is 485 g/mol. The molecular formula is C20H32N5O7P. The standard InChI is InChI=1S/C20H32N5O7P/c1-5-19(6-2,32-33(29,30)20(28,7-3)8-4)10-14-12(26)13(27)18(31-14)25-16(10)24-11-15(21)22-9-23-17(11)25/h9-10,12-14,18,26-28H,5-8H2,1-4H3,(H,29,30)(H2,21,22,23)/t10-,12+,13-,14?,18?/m1/s1. The first-order valence-electron chi connectivity index (χ1n) is 11.3. The summed E-state index contributed by atoms with van der Waals surface area (Å²) in [7, 11) is -4.58. The van der Waals surface area contributed by atoms with Crippen molar-refractivity contribution >= 4 is 24.6 Å². The van der Waals surface area contributed by atoms with E-state index in [4.69, 9.17) is 15.0 Å². The molecule has 184 valence electrons. The Labute approximate surface area is 191 Å². The van der Waals surface area contributed by atoms with Gasteiger partial charge >= 0.3 is 7.60 Å². The van der Waals surface area contributed by atoms with Crippen LogP contribution in [0.15, 0.2) is 6.33 Å². The second kappa shape index (κ2) is 8.23. The smallest absolute Gasteiger partial charge is 0.359 e. The predicted molar refractivity (Wildman–Crippen MR) is 118 cm³/mol. The molecule has 2 aliphatic heterocycles. The Morgan fingerprint density at radius 1 is 1.15 bits per heavy atom. The number of ether oxygens (including phenoxy) is 1. The van der Waals surface area contributed by atoms with Crippen LogP contribution in [0.2, 0.25) is 0 Å². The highest BCUT2D eigenvalue weighted by Crippen LogP contribution is 2.63. The molecule has 0 amide bonds. The van der Waals surface area contributed by atoms with Crippen LogP contribution in [0.1, 0.15) is 71.3 Å². The minimum Gasteiger partial charge on any atom is -0.387 e.